The molecule has 1 aromatic rings. The van der Waals surface area contributed by atoms with Gasteiger partial charge in [-0.3, -0.25) is 9.59 Å². The minimum absolute atomic E-state index is 0.00448. The minimum atomic E-state index is -0.216. The zero-order valence-electron chi connectivity index (χ0n) is 12.7. The summed E-state index contributed by atoms with van der Waals surface area (Å²) in [4.78, 5) is 22.7. The maximum absolute atomic E-state index is 11.7. The van der Waals surface area contributed by atoms with Crippen LogP contribution in [0.15, 0.2) is 24.3 Å². The van der Waals surface area contributed by atoms with Crippen LogP contribution in [-0.2, 0) is 16.0 Å². The van der Waals surface area contributed by atoms with E-state index in [1.165, 1.54) is 0 Å². The third-order valence-corrected chi connectivity index (χ3v) is 3.11. The van der Waals surface area contributed by atoms with E-state index >= 15 is 0 Å². The van der Waals surface area contributed by atoms with Gasteiger partial charge < -0.3 is 10.1 Å². The summed E-state index contributed by atoms with van der Waals surface area (Å²) in [5.74, 6) is 0.617. The second-order valence-corrected chi connectivity index (χ2v) is 5.60. The summed E-state index contributed by atoms with van der Waals surface area (Å²) in [6.07, 6.45) is 1.28. The van der Waals surface area contributed by atoms with Gasteiger partial charge >= 0.3 is 0 Å². The highest BCUT2D eigenvalue weighted by atomic mass is 16.5. The average Bonchev–Trinajstić information content (AvgIpc) is 2.37. The number of rotatable bonds is 7. The molecular weight excluding hydrogens is 254 g/mol. The molecule has 20 heavy (non-hydrogen) atoms. The van der Waals surface area contributed by atoms with Crippen LogP contribution in [0.3, 0.4) is 0 Å². The molecule has 4 nitrogen and oxygen atoms in total. The number of hydrogen-bond donors (Lipinski definition) is 1. The second-order valence-electron chi connectivity index (χ2n) is 5.60. The first kappa shape index (κ1) is 16.2. The van der Waals surface area contributed by atoms with Gasteiger partial charge in [-0.15, -0.1) is 0 Å². The monoisotopic (exact) mass is 277 g/mol. The number of carbonyl (C=O) groups is 2. The smallest absolute Gasteiger partial charge is 0.258 e. The Morgan fingerprint density at radius 3 is 2.30 bits per heavy atom. The summed E-state index contributed by atoms with van der Waals surface area (Å²) >= 11 is 0. The lowest BCUT2D eigenvalue weighted by Crippen LogP contribution is -2.44. The topological polar surface area (TPSA) is 55.4 Å². The molecule has 0 aromatic heterocycles. The molecule has 0 heterocycles. The van der Waals surface area contributed by atoms with Gasteiger partial charge in [-0.2, -0.15) is 0 Å². The quantitative estimate of drug-likeness (QED) is 0.833. The molecule has 110 valence electrons. The molecule has 0 spiro atoms. The predicted octanol–water partition coefficient (Wildman–Crippen LogP) is 2.50. The molecule has 0 bridgehead atoms. The van der Waals surface area contributed by atoms with E-state index in [4.69, 9.17) is 4.74 Å². The summed E-state index contributed by atoms with van der Waals surface area (Å²) in [6.45, 7) is 7.53. The van der Waals surface area contributed by atoms with E-state index in [2.05, 4.69) is 5.32 Å². The third kappa shape index (κ3) is 5.87. The number of nitrogens with one attached hydrogen (secondary N) is 1. The van der Waals surface area contributed by atoms with Gasteiger partial charge in [0.05, 0.1) is 0 Å². The maximum atomic E-state index is 11.7. The van der Waals surface area contributed by atoms with Crippen LogP contribution in [0, 0.1) is 0 Å². The van der Waals surface area contributed by atoms with Crippen molar-refractivity contribution in [1.82, 2.24) is 5.32 Å². The largest absolute Gasteiger partial charge is 0.484 e. The van der Waals surface area contributed by atoms with E-state index in [-0.39, 0.29) is 23.8 Å². The van der Waals surface area contributed by atoms with Crippen LogP contribution in [-0.4, -0.2) is 23.8 Å². The Labute approximate surface area is 120 Å². The van der Waals surface area contributed by atoms with Gasteiger partial charge in [0.25, 0.3) is 5.91 Å². The molecule has 0 aliphatic heterocycles. The van der Waals surface area contributed by atoms with E-state index in [0.29, 0.717) is 12.2 Å². The number of hydrogen-bond acceptors (Lipinski definition) is 3. The Kier molecular flexibility index (Phi) is 5.74. The summed E-state index contributed by atoms with van der Waals surface area (Å²) < 4.78 is 5.42. The van der Waals surface area contributed by atoms with E-state index in [1.807, 2.05) is 32.9 Å². The normalized spacial score (nSPS) is 11.0. The fraction of sp³-hybridized carbons (Fsp3) is 0.500. The van der Waals surface area contributed by atoms with Crippen LogP contribution in [0.1, 0.15) is 39.7 Å². The standard InChI is InChI=1S/C16H23NO3/c1-5-16(3,4)17-15(19)11-20-14-8-6-13(7-9-14)10-12(2)18/h6-9H,5,10-11H2,1-4H3,(H,17,19). The summed E-state index contributed by atoms with van der Waals surface area (Å²) in [6, 6.07) is 7.22. The van der Waals surface area contributed by atoms with Gasteiger partial charge in [-0.05, 0) is 44.9 Å². The van der Waals surface area contributed by atoms with E-state index in [1.54, 1.807) is 19.1 Å². The first-order valence-corrected chi connectivity index (χ1v) is 6.84. The van der Waals surface area contributed by atoms with Gasteiger partial charge in [-0.25, -0.2) is 0 Å². The fourth-order valence-electron chi connectivity index (χ4n) is 1.64. The van der Waals surface area contributed by atoms with Gasteiger partial charge in [0.2, 0.25) is 0 Å². The number of ketones is 1. The number of amides is 1. The molecular formula is C16H23NO3. The summed E-state index contributed by atoms with van der Waals surface area (Å²) in [7, 11) is 0. The predicted molar refractivity (Wildman–Crippen MR) is 78.8 cm³/mol. The lowest BCUT2D eigenvalue weighted by Gasteiger charge is -2.24. The zero-order chi connectivity index (χ0) is 15.2. The molecule has 1 N–H and O–H groups in total. The van der Waals surface area contributed by atoms with E-state index in [9.17, 15) is 9.59 Å². The van der Waals surface area contributed by atoms with Crippen LogP contribution in [0.25, 0.3) is 0 Å². The molecule has 0 radical (unpaired) electrons. The molecule has 1 rings (SSSR count). The highest BCUT2D eigenvalue weighted by Crippen LogP contribution is 2.13. The van der Waals surface area contributed by atoms with Gasteiger partial charge in [0, 0.05) is 12.0 Å². The molecule has 0 unspecified atom stereocenters. The van der Waals surface area contributed by atoms with Gasteiger partial charge in [0.15, 0.2) is 6.61 Å². The van der Waals surface area contributed by atoms with Crippen LogP contribution >= 0.6 is 0 Å². The summed E-state index contributed by atoms with van der Waals surface area (Å²) in [5, 5.41) is 2.91. The Morgan fingerprint density at radius 2 is 1.80 bits per heavy atom. The van der Waals surface area contributed by atoms with Gasteiger partial charge in [0.1, 0.15) is 11.5 Å². The van der Waals surface area contributed by atoms with Crippen LogP contribution < -0.4 is 10.1 Å². The number of benzene rings is 1. The molecule has 0 aliphatic rings. The molecule has 1 aromatic carbocycles. The first-order chi connectivity index (χ1) is 9.32. The molecule has 1 amide bonds. The van der Waals surface area contributed by atoms with Crippen molar-refractivity contribution in [2.75, 3.05) is 6.61 Å². The third-order valence-electron chi connectivity index (χ3n) is 3.11. The van der Waals surface area contributed by atoms with Crippen molar-refractivity contribution in [1.29, 1.82) is 0 Å². The number of carbonyl (C=O) groups excluding carboxylic acids is 2. The molecule has 0 saturated carbocycles. The van der Waals surface area contributed by atoms with Crippen molar-refractivity contribution in [3.63, 3.8) is 0 Å². The SMILES string of the molecule is CCC(C)(C)NC(=O)COc1ccc(CC(C)=O)cc1. The first-order valence-electron chi connectivity index (χ1n) is 6.84. The highest BCUT2D eigenvalue weighted by molar-refractivity contribution is 5.78. The lowest BCUT2D eigenvalue weighted by atomic mass is 10.0. The molecule has 0 fully saturated rings. The summed E-state index contributed by atoms with van der Waals surface area (Å²) in [5.41, 5.74) is 0.729. The van der Waals surface area contributed by atoms with Crippen molar-refractivity contribution in [2.24, 2.45) is 0 Å². The zero-order valence-corrected chi connectivity index (χ0v) is 12.7. The van der Waals surface area contributed by atoms with Crippen molar-refractivity contribution in [2.45, 2.75) is 46.1 Å². The molecule has 0 atom stereocenters. The molecule has 0 aliphatic carbocycles. The van der Waals surface area contributed by atoms with Crippen molar-refractivity contribution < 1.29 is 14.3 Å². The van der Waals surface area contributed by atoms with Crippen molar-refractivity contribution in [3.8, 4) is 5.75 Å². The van der Waals surface area contributed by atoms with Crippen LogP contribution in [0.5, 0.6) is 5.75 Å². The Bertz CT molecular complexity index is 463. The van der Waals surface area contributed by atoms with Crippen LogP contribution in [0.4, 0.5) is 0 Å². The fourth-order valence-corrected chi connectivity index (χ4v) is 1.64. The van der Waals surface area contributed by atoms with Gasteiger partial charge in [-0.1, -0.05) is 19.1 Å². The molecule has 4 heteroatoms. The van der Waals surface area contributed by atoms with Crippen molar-refractivity contribution >= 4 is 11.7 Å². The Morgan fingerprint density at radius 1 is 1.20 bits per heavy atom. The lowest BCUT2D eigenvalue weighted by molar-refractivity contribution is -0.124. The Balaban J connectivity index is 2.46. The maximum Gasteiger partial charge on any atom is 0.258 e. The van der Waals surface area contributed by atoms with Crippen molar-refractivity contribution in [3.05, 3.63) is 29.8 Å². The average molecular weight is 277 g/mol. The minimum Gasteiger partial charge on any atom is -0.484 e. The molecule has 0 saturated heterocycles. The Hall–Kier alpha value is -1.84. The number of ether oxygens (including phenoxy) is 1. The van der Waals surface area contributed by atoms with Crippen LogP contribution in [0.2, 0.25) is 0 Å². The highest BCUT2D eigenvalue weighted by Gasteiger charge is 2.17. The van der Waals surface area contributed by atoms with E-state index < -0.39 is 0 Å². The second kappa shape index (κ2) is 7.08. The number of Topliss-reactive ketones (excluding diaryl/α,β-unsaturated/α-hetero) is 1. The van der Waals surface area contributed by atoms with E-state index in [0.717, 1.165) is 12.0 Å².